The Morgan fingerprint density at radius 2 is 1.54 bits per heavy atom. The monoisotopic (exact) mass is 368 g/mol. The van der Waals surface area contributed by atoms with Crippen LogP contribution in [0.2, 0.25) is 0 Å². The first kappa shape index (κ1) is 18.2. The topological polar surface area (TPSA) is 66.5 Å². The van der Waals surface area contributed by atoms with Gasteiger partial charge < -0.3 is 5.32 Å². The lowest BCUT2D eigenvalue weighted by atomic mass is 10.1. The van der Waals surface area contributed by atoms with Gasteiger partial charge in [0.25, 0.3) is 0 Å². The Bertz CT molecular complexity index is 764. The van der Waals surface area contributed by atoms with Crippen molar-refractivity contribution in [3.05, 3.63) is 66.2 Å². The van der Waals surface area contributed by atoms with E-state index in [9.17, 15) is 14.4 Å². The van der Waals surface area contributed by atoms with Gasteiger partial charge >= 0.3 is 0 Å². The molecule has 3 amide bonds. The highest BCUT2D eigenvalue weighted by Gasteiger charge is 2.29. The van der Waals surface area contributed by atoms with Gasteiger partial charge in [0.05, 0.1) is 0 Å². The molecule has 1 fully saturated rings. The molecule has 1 unspecified atom stereocenters. The van der Waals surface area contributed by atoms with Gasteiger partial charge in [-0.15, -0.1) is 11.8 Å². The van der Waals surface area contributed by atoms with Crippen molar-refractivity contribution in [3.8, 4) is 0 Å². The maximum atomic E-state index is 12.8. The average molecular weight is 368 g/mol. The number of benzene rings is 2. The molecule has 1 aliphatic heterocycles. The van der Waals surface area contributed by atoms with Gasteiger partial charge in [0.2, 0.25) is 17.7 Å². The number of nitrogens with zero attached hydrogens (tertiary/aromatic N) is 1. The predicted molar refractivity (Wildman–Crippen MR) is 100 cm³/mol. The molecule has 0 bridgehead atoms. The van der Waals surface area contributed by atoms with Crippen molar-refractivity contribution in [3.63, 3.8) is 0 Å². The van der Waals surface area contributed by atoms with Crippen molar-refractivity contribution >= 4 is 29.5 Å². The summed E-state index contributed by atoms with van der Waals surface area (Å²) in [6.07, 6.45) is 0.534. The molecular weight excluding hydrogens is 348 g/mol. The van der Waals surface area contributed by atoms with Crippen LogP contribution in [0, 0.1) is 0 Å². The fourth-order valence-corrected chi connectivity index (χ4v) is 3.86. The van der Waals surface area contributed by atoms with Crippen molar-refractivity contribution in [1.29, 1.82) is 0 Å². The Labute approximate surface area is 156 Å². The molecule has 0 spiro atoms. The van der Waals surface area contributed by atoms with Crippen LogP contribution >= 0.6 is 11.8 Å². The lowest BCUT2D eigenvalue weighted by molar-refractivity contribution is -0.138. The maximum Gasteiger partial charge on any atom is 0.238 e. The zero-order valence-electron chi connectivity index (χ0n) is 14.3. The minimum atomic E-state index is -0.399. The molecule has 2 aromatic carbocycles. The first-order valence-electron chi connectivity index (χ1n) is 8.53. The number of rotatable bonds is 7. The second-order valence-electron chi connectivity index (χ2n) is 5.95. The van der Waals surface area contributed by atoms with Crippen molar-refractivity contribution in [1.82, 2.24) is 10.2 Å². The van der Waals surface area contributed by atoms with E-state index in [-0.39, 0.29) is 43.7 Å². The van der Waals surface area contributed by atoms with E-state index >= 15 is 0 Å². The third-order valence-corrected chi connectivity index (χ3v) is 5.39. The summed E-state index contributed by atoms with van der Waals surface area (Å²) in [5.74, 6) is -0.464. The van der Waals surface area contributed by atoms with Crippen molar-refractivity contribution in [2.75, 3.05) is 13.1 Å². The number of carbonyl (C=O) groups excluding carboxylic acids is 3. The van der Waals surface area contributed by atoms with Crippen LogP contribution in [-0.2, 0) is 14.4 Å². The minimum absolute atomic E-state index is 0.135. The second-order valence-corrected chi connectivity index (χ2v) is 7.13. The molecule has 1 aliphatic rings. The second kappa shape index (κ2) is 8.67. The van der Waals surface area contributed by atoms with E-state index in [1.807, 2.05) is 60.7 Å². The summed E-state index contributed by atoms with van der Waals surface area (Å²) in [6, 6.07) is 19.3. The SMILES string of the molecule is O=C(NCCN1C(=O)CCC1=O)C(Sc1ccccc1)c1ccccc1. The molecule has 6 heteroatoms. The first-order valence-corrected chi connectivity index (χ1v) is 9.40. The van der Waals surface area contributed by atoms with Crippen LogP contribution < -0.4 is 5.32 Å². The Balaban J connectivity index is 1.65. The Morgan fingerprint density at radius 3 is 2.15 bits per heavy atom. The molecule has 26 heavy (non-hydrogen) atoms. The smallest absolute Gasteiger partial charge is 0.238 e. The van der Waals surface area contributed by atoms with Crippen molar-refractivity contribution in [2.45, 2.75) is 23.0 Å². The zero-order valence-corrected chi connectivity index (χ0v) is 15.1. The van der Waals surface area contributed by atoms with E-state index in [4.69, 9.17) is 0 Å². The Kier molecular flexibility index (Phi) is 6.07. The van der Waals surface area contributed by atoms with E-state index in [1.165, 1.54) is 16.7 Å². The Hall–Kier alpha value is -2.60. The standard InChI is InChI=1S/C20H20N2O3S/c23-17-11-12-18(24)22(17)14-13-21-20(25)19(15-7-3-1-4-8-15)26-16-9-5-2-6-10-16/h1-10,19H,11-14H2,(H,21,25). The number of amides is 3. The van der Waals surface area contributed by atoms with Crippen LogP contribution in [0.1, 0.15) is 23.7 Å². The minimum Gasteiger partial charge on any atom is -0.353 e. The molecule has 134 valence electrons. The number of hydrogen-bond donors (Lipinski definition) is 1. The summed E-state index contributed by atoms with van der Waals surface area (Å²) in [6.45, 7) is 0.482. The molecule has 3 rings (SSSR count). The third kappa shape index (κ3) is 4.52. The zero-order chi connectivity index (χ0) is 18.4. The fraction of sp³-hybridized carbons (Fsp3) is 0.250. The quantitative estimate of drug-likeness (QED) is 0.603. The van der Waals surface area contributed by atoms with Gasteiger partial charge in [-0.2, -0.15) is 0 Å². The van der Waals surface area contributed by atoms with E-state index in [1.54, 1.807) is 0 Å². The molecule has 2 aromatic rings. The summed E-state index contributed by atoms with van der Waals surface area (Å²) >= 11 is 1.47. The summed E-state index contributed by atoms with van der Waals surface area (Å²) in [4.78, 5) is 38.3. The molecular formula is C20H20N2O3S. The third-order valence-electron chi connectivity index (χ3n) is 4.13. The van der Waals surface area contributed by atoms with Crippen LogP contribution in [0.25, 0.3) is 0 Å². The lowest BCUT2D eigenvalue weighted by Gasteiger charge is -2.19. The molecule has 1 N–H and O–H groups in total. The van der Waals surface area contributed by atoms with Crippen molar-refractivity contribution in [2.24, 2.45) is 0 Å². The molecule has 0 radical (unpaired) electrons. The molecule has 5 nitrogen and oxygen atoms in total. The summed E-state index contributed by atoms with van der Waals surface area (Å²) in [5.41, 5.74) is 0.909. The van der Waals surface area contributed by atoms with Crippen LogP contribution in [0.5, 0.6) is 0 Å². The molecule has 1 atom stereocenters. The summed E-state index contributed by atoms with van der Waals surface area (Å²) < 4.78 is 0. The van der Waals surface area contributed by atoms with Crippen molar-refractivity contribution < 1.29 is 14.4 Å². The van der Waals surface area contributed by atoms with E-state index in [0.29, 0.717) is 0 Å². The van der Waals surface area contributed by atoms with Gasteiger partial charge in [-0.05, 0) is 17.7 Å². The highest BCUT2D eigenvalue weighted by molar-refractivity contribution is 8.00. The summed E-state index contributed by atoms with van der Waals surface area (Å²) in [5, 5.41) is 2.46. The molecule has 1 heterocycles. The number of thioether (sulfide) groups is 1. The predicted octanol–water partition coefficient (Wildman–Crippen LogP) is 2.79. The largest absolute Gasteiger partial charge is 0.353 e. The molecule has 1 saturated heterocycles. The highest BCUT2D eigenvalue weighted by Crippen LogP contribution is 2.35. The molecule has 0 aromatic heterocycles. The number of hydrogen-bond acceptors (Lipinski definition) is 4. The molecule has 0 aliphatic carbocycles. The van der Waals surface area contributed by atoms with Crippen LogP contribution in [0.3, 0.4) is 0 Å². The van der Waals surface area contributed by atoms with Gasteiger partial charge in [-0.25, -0.2) is 0 Å². The van der Waals surface area contributed by atoms with E-state index in [0.717, 1.165) is 10.5 Å². The van der Waals surface area contributed by atoms with Gasteiger partial charge in [0.1, 0.15) is 5.25 Å². The number of imide groups is 1. The highest BCUT2D eigenvalue weighted by atomic mass is 32.2. The van der Waals surface area contributed by atoms with Gasteiger partial charge in [0.15, 0.2) is 0 Å². The van der Waals surface area contributed by atoms with Crippen LogP contribution in [0.15, 0.2) is 65.6 Å². The first-order chi connectivity index (χ1) is 12.6. The van der Waals surface area contributed by atoms with E-state index < -0.39 is 5.25 Å². The van der Waals surface area contributed by atoms with Crippen LogP contribution in [0.4, 0.5) is 0 Å². The lowest BCUT2D eigenvalue weighted by Crippen LogP contribution is -2.38. The summed E-state index contributed by atoms with van der Waals surface area (Å²) in [7, 11) is 0. The van der Waals surface area contributed by atoms with Gasteiger partial charge in [-0.3, -0.25) is 19.3 Å². The van der Waals surface area contributed by atoms with E-state index in [2.05, 4.69) is 5.32 Å². The number of carbonyl (C=O) groups is 3. The maximum absolute atomic E-state index is 12.8. The van der Waals surface area contributed by atoms with Crippen LogP contribution in [-0.4, -0.2) is 35.7 Å². The Morgan fingerprint density at radius 1 is 0.962 bits per heavy atom. The molecule has 0 saturated carbocycles. The normalized spacial score (nSPS) is 15.2. The fourth-order valence-electron chi connectivity index (χ4n) is 2.79. The average Bonchev–Trinajstić information content (AvgIpc) is 2.99. The van der Waals surface area contributed by atoms with Gasteiger partial charge in [-0.1, -0.05) is 48.5 Å². The van der Waals surface area contributed by atoms with Gasteiger partial charge in [0, 0.05) is 30.8 Å². The number of likely N-dealkylation sites (tertiary alicyclic amines) is 1. The number of nitrogens with one attached hydrogen (secondary N) is 1.